The molecule has 0 bridgehead atoms. The number of fused-ring (bicyclic) bond motifs is 1. The Morgan fingerprint density at radius 2 is 2.22 bits per heavy atom. The molecule has 8 heteroatoms. The van der Waals surface area contributed by atoms with Crippen LogP contribution >= 0.6 is 0 Å². The van der Waals surface area contributed by atoms with E-state index in [0.29, 0.717) is 18.7 Å². The van der Waals surface area contributed by atoms with Gasteiger partial charge in [-0.2, -0.15) is 0 Å². The first kappa shape index (κ1) is 17.3. The minimum absolute atomic E-state index is 0.0560. The molecule has 0 unspecified atom stereocenters. The van der Waals surface area contributed by atoms with Crippen LogP contribution in [-0.2, 0) is 11.3 Å². The summed E-state index contributed by atoms with van der Waals surface area (Å²) in [5.41, 5.74) is 2.42. The summed E-state index contributed by atoms with van der Waals surface area (Å²) >= 11 is 0. The lowest BCUT2D eigenvalue weighted by Crippen LogP contribution is -2.43. The van der Waals surface area contributed by atoms with E-state index in [9.17, 15) is 4.79 Å². The van der Waals surface area contributed by atoms with Gasteiger partial charge in [0, 0.05) is 25.2 Å². The van der Waals surface area contributed by atoms with Gasteiger partial charge in [-0.25, -0.2) is 15.0 Å². The summed E-state index contributed by atoms with van der Waals surface area (Å²) < 4.78 is 5.35. The zero-order valence-electron chi connectivity index (χ0n) is 15.2. The Bertz CT molecular complexity index is 941. The fraction of sp³-hybridized carbons (Fsp3) is 0.368. The second-order valence-corrected chi connectivity index (χ2v) is 6.61. The standard InChI is InChI=1S/C19H22N6O2/c1-27-15-7-3-2-5-13(15)9-20-19(26)14-6-4-8-25(10-14)18-16-17(22-11-21-16)23-12-24-18/h2-3,5,7,11-12,14H,4,6,8-10H2,1H3,(H,20,26)(H,21,22,23,24)/t14-/m1/s1. The van der Waals surface area contributed by atoms with Crippen LogP contribution in [-0.4, -0.2) is 46.0 Å². The molecule has 0 aliphatic carbocycles. The molecular weight excluding hydrogens is 344 g/mol. The van der Waals surface area contributed by atoms with Crippen molar-refractivity contribution < 1.29 is 9.53 Å². The molecule has 2 N–H and O–H groups in total. The van der Waals surface area contributed by atoms with E-state index in [1.807, 2.05) is 24.3 Å². The van der Waals surface area contributed by atoms with E-state index in [-0.39, 0.29) is 11.8 Å². The first-order valence-electron chi connectivity index (χ1n) is 9.05. The molecule has 140 valence electrons. The number of nitrogens with one attached hydrogen (secondary N) is 2. The molecule has 1 amide bonds. The van der Waals surface area contributed by atoms with Crippen LogP contribution in [0.2, 0.25) is 0 Å². The molecular formula is C19H22N6O2. The number of aromatic amines is 1. The first-order valence-corrected chi connectivity index (χ1v) is 9.05. The monoisotopic (exact) mass is 366 g/mol. The van der Waals surface area contributed by atoms with Crippen molar-refractivity contribution in [2.24, 2.45) is 5.92 Å². The molecule has 1 aromatic carbocycles. The fourth-order valence-electron chi connectivity index (χ4n) is 3.55. The normalized spacial score (nSPS) is 17.1. The topological polar surface area (TPSA) is 96.0 Å². The van der Waals surface area contributed by atoms with Crippen molar-refractivity contribution >= 4 is 22.9 Å². The summed E-state index contributed by atoms with van der Waals surface area (Å²) in [4.78, 5) is 30.7. The number of carbonyl (C=O) groups is 1. The fourth-order valence-corrected chi connectivity index (χ4v) is 3.55. The Balaban J connectivity index is 1.43. The molecule has 0 saturated carbocycles. The van der Waals surface area contributed by atoms with Crippen LogP contribution in [0, 0.1) is 5.92 Å². The minimum atomic E-state index is -0.0820. The molecule has 1 aliphatic rings. The first-order chi connectivity index (χ1) is 13.3. The molecule has 4 rings (SSSR count). The number of H-pyrrole nitrogens is 1. The molecule has 1 atom stereocenters. The summed E-state index contributed by atoms with van der Waals surface area (Å²) in [6.07, 6.45) is 4.94. The maximum Gasteiger partial charge on any atom is 0.225 e. The number of para-hydroxylation sites is 1. The Morgan fingerprint density at radius 3 is 3.11 bits per heavy atom. The van der Waals surface area contributed by atoms with Crippen LogP contribution in [0.25, 0.3) is 11.2 Å². The number of hydrogen-bond acceptors (Lipinski definition) is 6. The van der Waals surface area contributed by atoms with E-state index in [2.05, 4.69) is 30.2 Å². The van der Waals surface area contributed by atoms with Gasteiger partial charge in [0.05, 0.1) is 19.4 Å². The Hall–Kier alpha value is -3.16. The molecule has 3 aromatic rings. The van der Waals surface area contributed by atoms with Gasteiger partial charge >= 0.3 is 0 Å². The van der Waals surface area contributed by atoms with E-state index in [1.54, 1.807) is 13.4 Å². The lowest BCUT2D eigenvalue weighted by Gasteiger charge is -2.32. The van der Waals surface area contributed by atoms with E-state index in [1.165, 1.54) is 6.33 Å². The number of nitrogens with zero attached hydrogens (tertiary/aromatic N) is 4. The van der Waals surface area contributed by atoms with E-state index in [4.69, 9.17) is 4.74 Å². The van der Waals surface area contributed by atoms with Crippen molar-refractivity contribution in [3.63, 3.8) is 0 Å². The number of carbonyl (C=O) groups excluding carboxylic acids is 1. The van der Waals surface area contributed by atoms with Crippen molar-refractivity contribution in [3.8, 4) is 5.75 Å². The number of rotatable bonds is 5. The van der Waals surface area contributed by atoms with Crippen LogP contribution in [0.5, 0.6) is 5.75 Å². The van der Waals surface area contributed by atoms with Crippen LogP contribution in [0.15, 0.2) is 36.9 Å². The third-order valence-corrected chi connectivity index (χ3v) is 4.94. The number of piperidine rings is 1. The molecule has 27 heavy (non-hydrogen) atoms. The molecule has 1 saturated heterocycles. The van der Waals surface area contributed by atoms with Gasteiger partial charge in [0.2, 0.25) is 5.91 Å². The third-order valence-electron chi connectivity index (χ3n) is 4.94. The van der Waals surface area contributed by atoms with Gasteiger partial charge in [-0.1, -0.05) is 18.2 Å². The smallest absolute Gasteiger partial charge is 0.225 e. The summed E-state index contributed by atoms with van der Waals surface area (Å²) in [6, 6.07) is 7.72. The van der Waals surface area contributed by atoms with Gasteiger partial charge in [-0.3, -0.25) is 4.79 Å². The summed E-state index contributed by atoms with van der Waals surface area (Å²) in [5.74, 6) is 1.56. The number of hydrogen-bond donors (Lipinski definition) is 2. The van der Waals surface area contributed by atoms with Gasteiger partial charge in [0.15, 0.2) is 11.5 Å². The largest absolute Gasteiger partial charge is 0.496 e. The van der Waals surface area contributed by atoms with Crippen molar-refractivity contribution in [1.82, 2.24) is 25.3 Å². The van der Waals surface area contributed by atoms with Crippen LogP contribution in [0.1, 0.15) is 18.4 Å². The molecule has 3 heterocycles. The number of imidazole rings is 1. The second kappa shape index (κ2) is 7.61. The molecule has 8 nitrogen and oxygen atoms in total. The lowest BCUT2D eigenvalue weighted by molar-refractivity contribution is -0.125. The number of aromatic nitrogens is 4. The molecule has 0 spiro atoms. The van der Waals surface area contributed by atoms with Crippen molar-refractivity contribution in [2.75, 3.05) is 25.1 Å². The molecule has 1 aliphatic heterocycles. The maximum absolute atomic E-state index is 12.7. The number of anilines is 1. The highest BCUT2D eigenvalue weighted by atomic mass is 16.5. The number of benzene rings is 1. The lowest BCUT2D eigenvalue weighted by atomic mass is 9.97. The highest BCUT2D eigenvalue weighted by Gasteiger charge is 2.27. The summed E-state index contributed by atoms with van der Waals surface area (Å²) in [7, 11) is 1.64. The second-order valence-electron chi connectivity index (χ2n) is 6.61. The average molecular weight is 366 g/mol. The zero-order chi connectivity index (χ0) is 18.6. The SMILES string of the molecule is COc1ccccc1CNC(=O)[C@@H]1CCCN(c2ncnc3nc[nH]c23)C1. The quantitative estimate of drug-likeness (QED) is 0.716. The van der Waals surface area contributed by atoms with E-state index < -0.39 is 0 Å². The zero-order valence-corrected chi connectivity index (χ0v) is 15.2. The van der Waals surface area contributed by atoms with E-state index in [0.717, 1.165) is 42.0 Å². The van der Waals surface area contributed by atoms with Crippen molar-refractivity contribution in [2.45, 2.75) is 19.4 Å². The number of ether oxygens (including phenoxy) is 1. The average Bonchev–Trinajstić information content (AvgIpc) is 3.21. The van der Waals surface area contributed by atoms with Crippen LogP contribution in [0.3, 0.4) is 0 Å². The predicted octanol–water partition coefficient (Wildman–Crippen LogP) is 1.89. The molecule has 1 fully saturated rings. The summed E-state index contributed by atoms with van der Waals surface area (Å²) in [5, 5.41) is 3.05. The summed E-state index contributed by atoms with van der Waals surface area (Å²) in [6.45, 7) is 1.95. The van der Waals surface area contributed by atoms with Gasteiger partial charge in [0.25, 0.3) is 0 Å². The van der Waals surface area contributed by atoms with Gasteiger partial charge in [0.1, 0.15) is 17.6 Å². The van der Waals surface area contributed by atoms with Crippen LogP contribution < -0.4 is 15.0 Å². The highest BCUT2D eigenvalue weighted by Crippen LogP contribution is 2.26. The third kappa shape index (κ3) is 3.55. The maximum atomic E-state index is 12.7. The van der Waals surface area contributed by atoms with Gasteiger partial charge < -0.3 is 19.9 Å². The van der Waals surface area contributed by atoms with Gasteiger partial charge in [-0.05, 0) is 18.9 Å². The van der Waals surface area contributed by atoms with E-state index >= 15 is 0 Å². The molecule has 2 aromatic heterocycles. The van der Waals surface area contributed by atoms with Crippen molar-refractivity contribution in [1.29, 1.82) is 0 Å². The predicted molar refractivity (Wildman–Crippen MR) is 101 cm³/mol. The Labute approximate surface area is 157 Å². The van der Waals surface area contributed by atoms with Crippen molar-refractivity contribution in [3.05, 3.63) is 42.5 Å². The van der Waals surface area contributed by atoms with Crippen LogP contribution in [0.4, 0.5) is 5.82 Å². The Morgan fingerprint density at radius 1 is 1.33 bits per heavy atom. The van der Waals surface area contributed by atoms with Gasteiger partial charge in [-0.15, -0.1) is 0 Å². The Kier molecular flexibility index (Phi) is 4.86. The number of methoxy groups -OCH3 is 1. The highest BCUT2D eigenvalue weighted by molar-refractivity contribution is 5.84. The molecule has 0 radical (unpaired) electrons. The number of amides is 1. The minimum Gasteiger partial charge on any atom is -0.496 e.